The summed E-state index contributed by atoms with van der Waals surface area (Å²) in [6.45, 7) is 0. The van der Waals surface area contributed by atoms with Crippen molar-refractivity contribution < 1.29 is 9.84 Å². The lowest BCUT2D eigenvalue weighted by Gasteiger charge is -2.48. The molecule has 4 rings (SSSR count). The molecule has 1 atom stereocenters. The molecule has 3 aliphatic rings. The summed E-state index contributed by atoms with van der Waals surface area (Å²) in [4.78, 5) is 0. The minimum atomic E-state index is -0.440. The summed E-state index contributed by atoms with van der Waals surface area (Å²) in [7, 11) is 0. The smallest absolute Gasteiger partial charge is 0.126 e. The van der Waals surface area contributed by atoms with Crippen molar-refractivity contribution in [3.05, 3.63) is 28.8 Å². The first kappa shape index (κ1) is 13.9. The predicted molar refractivity (Wildman–Crippen MR) is 83.8 cm³/mol. The molecule has 0 saturated heterocycles. The zero-order valence-corrected chi connectivity index (χ0v) is 13.2. The highest BCUT2D eigenvalue weighted by atomic mass is 35.5. The molecular weight excluding hydrogens is 284 g/mol. The van der Waals surface area contributed by atoms with Crippen molar-refractivity contribution in [2.75, 3.05) is 0 Å². The molecule has 1 unspecified atom stereocenters. The van der Waals surface area contributed by atoms with Gasteiger partial charge in [-0.1, -0.05) is 24.4 Å². The average molecular weight is 307 g/mol. The predicted octanol–water partition coefficient (Wildman–Crippen LogP) is 5.03. The van der Waals surface area contributed by atoms with E-state index in [0.717, 1.165) is 30.6 Å². The average Bonchev–Trinajstić information content (AvgIpc) is 2.93. The van der Waals surface area contributed by atoms with Gasteiger partial charge in [0.2, 0.25) is 0 Å². The van der Waals surface area contributed by atoms with Gasteiger partial charge in [-0.2, -0.15) is 0 Å². The molecule has 1 N–H and O–H groups in total. The van der Waals surface area contributed by atoms with E-state index >= 15 is 0 Å². The SMILES string of the molecule is OC1CC2(CCC3(CCCC3)CC2)Oc2ccc(Cl)cc21. The molecule has 2 nitrogen and oxygen atoms in total. The summed E-state index contributed by atoms with van der Waals surface area (Å²) in [5.41, 5.74) is 1.31. The second kappa shape index (κ2) is 4.89. The number of aliphatic hydroxyl groups excluding tert-OH is 1. The molecule has 2 spiro atoms. The van der Waals surface area contributed by atoms with E-state index in [9.17, 15) is 5.11 Å². The molecule has 114 valence electrons. The number of benzene rings is 1. The van der Waals surface area contributed by atoms with Crippen LogP contribution in [0, 0.1) is 5.41 Å². The lowest BCUT2D eigenvalue weighted by Crippen LogP contribution is -2.46. The van der Waals surface area contributed by atoms with Crippen LogP contribution in [0.3, 0.4) is 0 Å². The van der Waals surface area contributed by atoms with Gasteiger partial charge in [0.25, 0.3) is 0 Å². The molecule has 0 aromatic heterocycles. The molecule has 1 aromatic rings. The van der Waals surface area contributed by atoms with Crippen LogP contribution in [0.4, 0.5) is 0 Å². The first-order chi connectivity index (χ1) is 10.1. The van der Waals surface area contributed by atoms with E-state index in [-0.39, 0.29) is 5.60 Å². The van der Waals surface area contributed by atoms with E-state index in [1.807, 2.05) is 18.2 Å². The van der Waals surface area contributed by atoms with E-state index in [4.69, 9.17) is 16.3 Å². The first-order valence-corrected chi connectivity index (χ1v) is 8.64. The maximum atomic E-state index is 10.5. The standard InChI is InChI=1S/C18H23ClO2/c19-13-3-4-16-14(11-13)15(20)12-18(21-16)9-7-17(8-10-18)5-1-2-6-17/h3-4,11,15,20H,1-2,5-10,12H2. The van der Waals surface area contributed by atoms with E-state index in [0.29, 0.717) is 10.4 Å². The molecule has 0 radical (unpaired) electrons. The number of rotatable bonds is 0. The molecule has 0 amide bonds. The lowest BCUT2D eigenvalue weighted by atomic mass is 9.65. The van der Waals surface area contributed by atoms with E-state index in [1.165, 1.54) is 38.5 Å². The maximum Gasteiger partial charge on any atom is 0.126 e. The number of aliphatic hydroxyl groups is 1. The zero-order valence-electron chi connectivity index (χ0n) is 12.4. The van der Waals surface area contributed by atoms with Crippen LogP contribution in [0.5, 0.6) is 5.75 Å². The van der Waals surface area contributed by atoms with Gasteiger partial charge >= 0.3 is 0 Å². The number of hydrogen-bond acceptors (Lipinski definition) is 2. The van der Waals surface area contributed by atoms with Gasteiger partial charge in [0.1, 0.15) is 11.4 Å². The number of ether oxygens (including phenoxy) is 1. The van der Waals surface area contributed by atoms with Gasteiger partial charge in [-0.25, -0.2) is 0 Å². The molecule has 21 heavy (non-hydrogen) atoms. The molecule has 1 heterocycles. The summed E-state index contributed by atoms with van der Waals surface area (Å²) in [6.07, 6.45) is 10.6. The van der Waals surface area contributed by atoms with E-state index in [1.54, 1.807) is 0 Å². The van der Waals surface area contributed by atoms with Crippen LogP contribution in [0.25, 0.3) is 0 Å². The van der Waals surface area contributed by atoms with Crippen molar-refractivity contribution in [3.63, 3.8) is 0 Å². The van der Waals surface area contributed by atoms with Crippen molar-refractivity contribution in [3.8, 4) is 5.75 Å². The van der Waals surface area contributed by atoms with Crippen LogP contribution < -0.4 is 4.74 Å². The number of fused-ring (bicyclic) bond motifs is 1. The highest BCUT2D eigenvalue weighted by Gasteiger charge is 2.48. The minimum Gasteiger partial charge on any atom is -0.487 e. The van der Waals surface area contributed by atoms with Crippen LogP contribution in [0.1, 0.15) is 69.5 Å². The van der Waals surface area contributed by atoms with E-state index < -0.39 is 6.10 Å². The summed E-state index contributed by atoms with van der Waals surface area (Å²) in [5.74, 6) is 0.834. The minimum absolute atomic E-state index is 0.145. The van der Waals surface area contributed by atoms with Crippen molar-refractivity contribution >= 4 is 11.6 Å². The van der Waals surface area contributed by atoms with Crippen molar-refractivity contribution in [1.82, 2.24) is 0 Å². The van der Waals surface area contributed by atoms with Crippen molar-refractivity contribution in [1.29, 1.82) is 0 Å². The number of hydrogen-bond donors (Lipinski definition) is 1. The Morgan fingerprint density at radius 3 is 2.48 bits per heavy atom. The third kappa shape index (κ3) is 2.37. The van der Waals surface area contributed by atoms with Gasteiger partial charge in [-0.05, 0) is 62.1 Å². The highest BCUT2D eigenvalue weighted by Crippen LogP contribution is 2.55. The van der Waals surface area contributed by atoms with Gasteiger partial charge in [-0.15, -0.1) is 0 Å². The molecule has 3 heteroatoms. The van der Waals surface area contributed by atoms with Crippen LogP contribution >= 0.6 is 11.6 Å². The number of halogens is 1. The Hall–Kier alpha value is -0.730. The molecule has 1 aliphatic heterocycles. The summed E-state index contributed by atoms with van der Waals surface area (Å²) < 4.78 is 6.37. The van der Waals surface area contributed by atoms with Crippen LogP contribution in [-0.2, 0) is 0 Å². The quantitative estimate of drug-likeness (QED) is 0.728. The highest BCUT2D eigenvalue weighted by molar-refractivity contribution is 6.30. The fraction of sp³-hybridized carbons (Fsp3) is 0.667. The summed E-state index contributed by atoms with van der Waals surface area (Å²) in [6, 6.07) is 5.62. The molecule has 2 aliphatic carbocycles. The van der Waals surface area contributed by atoms with Crippen molar-refractivity contribution in [2.45, 2.75) is 69.5 Å². The van der Waals surface area contributed by atoms with Gasteiger partial charge in [0, 0.05) is 17.0 Å². The summed E-state index contributed by atoms with van der Waals surface area (Å²) in [5, 5.41) is 11.2. The fourth-order valence-electron chi connectivity index (χ4n) is 4.78. The molecule has 2 fully saturated rings. The monoisotopic (exact) mass is 306 g/mol. The Morgan fingerprint density at radius 2 is 1.76 bits per heavy atom. The third-order valence-electron chi connectivity index (χ3n) is 6.11. The second-order valence-corrected chi connectivity index (χ2v) is 7.83. The maximum absolute atomic E-state index is 10.5. The molecule has 0 bridgehead atoms. The Bertz CT molecular complexity index is 538. The fourth-order valence-corrected chi connectivity index (χ4v) is 4.96. The Kier molecular flexibility index (Phi) is 3.24. The van der Waals surface area contributed by atoms with Crippen molar-refractivity contribution in [2.24, 2.45) is 5.41 Å². The van der Waals surface area contributed by atoms with E-state index in [2.05, 4.69) is 0 Å². The Labute approximate surface area is 131 Å². The Balaban J connectivity index is 1.56. The van der Waals surface area contributed by atoms with Crippen LogP contribution in [-0.4, -0.2) is 10.7 Å². The molecular formula is C18H23ClO2. The van der Waals surface area contributed by atoms with Crippen LogP contribution in [0.15, 0.2) is 18.2 Å². The van der Waals surface area contributed by atoms with Gasteiger partial charge < -0.3 is 9.84 Å². The lowest BCUT2D eigenvalue weighted by molar-refractivity contribution is -0.0622. The van der Waals surface area contributed by atoms with Gasteiger partial charge in [-0.3, -0.25) is 0 Å². The normalized spacial score (nSPS) is 29.3. The van der Waals surface area contributed by atoms with Gasteiger partial charge in [0.15, 0.2) is 0 Å². The third-order valence-corrected chi connectivity index (χ3v) is 6.34. The second-order valence-electron chi connectivity index (χ2n) is 7.39. The largest absolute Gasteiger partial charge is 0.487 e. The molecule has 1 aromatic carbocycles. The van der Waals surface area contributed by atoms with Crippen LogP contribution in [0.2, 0.25) is 5.02 Å². The first-order valence-electron chi connectivity index (χ1n) is 8.27. The topological polar surface area (TPSA) is 29.5 Å². The molecule has 2 saturated carbocycles. The van der Waals surface area contributed by atoms with Gasteiger partial charge in [0.05, 0.1) is 6.10 Å². The zero-order chi connectivity index (χ0) is 14.5. The Morgan fingerprint density at radius 1 is 1.05 bits per heavy atom. The summed E-state index contributed by atoms with van der Waals surface area (Å²) >= 11 is 6.03.